The van der Waals surface area contributed by atoms with Gasteiger partial charge in [-0.3, -0.25) is 9.89 Å². The fraction of sp³-hybridized carbons (Fsp3) is 0.556. The minimum absolute atomic E-state index is 0.0643. The summed E-state index contributed by atoms with van der Waals surface area (Å²) in [5.74, 6) is -2.07. The van der Waals surface area contributed by atoms with Gasteiger partial charge in [0.1, 0.15) is 6.04 Å². The molecule has 1 aromatic heterocycles. The predicted octanol–water partition coefficient (Wildman–Crippen LogP) is -0.384. The number of anilines is 1. The fourth-order valence-corrected chi connectivity index (χ4v) is 1.27. The van der Waals surface area contributed by atoms with E-state index in [9.17, 15) is 9.59 Å². The van der Waals surface area contributed by atoms with Crippen molar-refractivity contribution >= 4 is 17.8 Å². The lowest BCUT2D eigenvalue weighted by Gasteiger charge is -2.19. The lowest BCUT2D eigenvalue weighted by molar-refractivity contribution is -0.140. The molecule has 1 aromatic rings. The third kappa shape index (κ3) is 3.16. The van der Waals surface area contributed by atoms with Crippen LogP contribution in [-0.4, -0.2) is 38.2 Å². The van der Waals surface area contributed by atoms with E-state index in [1.807, 2.05) is 6.92 Å². The van der Waals surface area contributed by atoms with E-state index in [1.165, 1.54) is 0 Å². The van der Waals surface area contributed by atoms with E-state index >= 15 is 0 Å². The van der Waals surface area contributed by atoms with Gasteiger partial charge in [0, 0.05) is 0 Å². The quantitative estimate of drug-likeness (QED) is 0.555. The van der Waals surface area contributed by atoms with E-state index in [2.05, 4.69) is 20.5 Å². The molecule has 1 amide bonds. The molecule has 17 heavy (non-hydrogen) atoms. The van der Waals surface area contributed by atoms with Gasteiger partial charge in [-0.1, -0.05) is 20.3 Å². The Morgan fingerprint density at radius 1 is 1.59 bits per heavy atom. The Morgan fingerprint density at radius 2 is 2.24 bits per heavy atom. The smallest absolute Gasteiger partial charge is 0.326 e. The summed E-state index contributed by atoms with van der Waals surface area (Å²) in [6, 6.07) is -0.959. The molecule has 5 N–H and O–H groups in total. The first-order valence-corrected chi connectivity index (χ1v) is 5.17. The fourth-order valence-electron chi connectivity index (χ4n) is 1.27. The number of rotatable bonds is 5. The number of nitrogen functional groups attached to an aromatic ring is 1. The second-order valence-electron chi connectivity index (χ2n) is 3.72. The zero-order valence-electron chi connectivity index (χ0n) is 9.60. The van der Waals surface area contributed by atoms with Gasteiger partial charge in [-0.05, 0) is 5.92 Å². The molecule has 0 bridgehead atoms. The van der Waals surface area contributed by atoms with Crippen LogP contribution in [0.2, 0.25) is 0 Å². The van der Waals surface area contributed by atoms with Crippen molar-refractivity contribution in [2.24, 2.45) is 5.92 Å². The molecule has 0 aliphatic rings. The number of hydrogen-bond donors (Lipinski definition) is 4. The predicted molar refractivity (Wildman–Crippen MR) is 59.1 cm³/mol. The molecule has 1 rings (SSSR count). The summed E-state index contributed by atoms with van der Waals surface area (Å²) >= 11 is 0. The molecule has 8 nitrogen and oxygen atoms in total. The topological polar surface area (TPSA) is 134 Å². The molecule has 94 valence electrons. The molecule has 0 unspecified atom stereocenters. The third-order valence-electron chi connectivity index (χ3n) is 2.48. The number of nitrogens with two attached hydrogens (primary N) is 1. The Hall–Kier alpha value is -2.12. The first kappa shape index (κ1) is 12.9. The number of carboxylic acids is 1. The second kappa shape index (κ2) is 5.28. The molecule has 0 fully saturated rings. The zero-order chi connectivity index (χ0) is 13.0. The van der Waals surface area contributed by atoms with Gasteiger partial charge in [-0.15, -0.1) is 5.10 Å². The van der Waals surface area contributed by atoms with E-state index in [0.29, 0.717) is 6.42 Å². The summed E-state index contributed by atoms with van der Waals surface area (Å²) in [7, 11) is 0. The van der Waals surface area contributed by atoms with Crippen LogP contribution in [0.25, 0.3) is 0 Å². The molecule has 0 saturated carbocycles. The van der Waals surface area contributed by atoms with Crippen molar-refractivity contribution in [1.29, 1.82) is 0 Å². The molecule has 0 radical (unpaired) electrons. The largest absolute Gasteiger partial charge is 0.480 e. The molecule has 2 atom stereocenters. The molecule has 1 heterocycles. The Morgan fingerprint density at radius 3 is 2.65 bits per heavy atom. The van der Waals surface area contributed by atoms with Crippen LogP contribution in [0.15, 0.2) is 0 Å². The highest BCUT2D eigenvalue weighted by Gasteiger charge is 2.26. The van der Waals surface area contributed by atoms with Gasteiger partial charge < -0.3 is 16.2 Å². The number of nitrogens with zero attached hydrogens (tertiary/aromatic N) is 2. The highest BCUT2D eigenvalue weighted by atomic mass is 16.4. The summed E-state index contributed by atoms with van der Waals surface area (Å²) in [5, 5.41) is 17.2. The minimum Gasteiger partial charge on any atom is -0.480 e. The van der Waals surface area contributed by atoms with Gasteiger partial charge in [0.25, 0.3) is 5.91 Å². The summed E-state index contributed by atoms with van der Waals surface area (Å²) in [6.45, 7) is 3.59. The Balaban J connectivity index is 2.74. The van der Waals surface area contributed by atoms with Crippen LogP contribution in [-0.2, 0) is 4.79 Å². The lowest BCUT2D eigenvalue weighted by atomic mass is 9.99. The number of aromatic amines is 1. The van der Waals surface area contributed by atoms with Crippen molar-refractivity contribution in [2.75, 3.05) is 5.73 Å². The van der Waals surface area contributed by atoms with Crippen LogP contribution in [0, 0.1) is 5.92 Å². The first-order valence-electron chi connectivity index (χ1n) is 5.17. The average Bonchev–Trinajstić information content (AvgIpc) is 2.71. The summed E-state index contributed by atoms with van der Waals surface area (Å²) < 4.78 is 0. The highest BCUT2D eigenvalue weighted by molar-refractivity contribution is 5.93. The zero-order valence-corrected chi connectivity index (χ0v) is 9.60. The Kier molecular flexibility index (Phi) is 4.02. The number of H-pyrrole nitrogens is 1. The van der Waals surface area contributed by atoms with Crippen LogP contribution in [0.5, 0.6) is 0 Å². The number of hydrogen-bond acceptors (Lipinski definition) is 5. The maximum Gasteiger partial charge on any atom is 0.326 e. The number of aliphatic carboxylic acids is 1. The van der Waals surface area contributed by atoms with Gasteiger partial charge in [0.2, 0.25) is 11.8 Å². The molecule has 0 spiro atoms. The monoisotopic (exact) mass is 241 g/mol. The average molecular weight is 241 g/mol. The number of nitrogens with one attached hydrogen (secondary N) is 2. The molecule has 0 saturated heterocycles. The summed E-state index contributed by atoms with van der Waals surface area (Å²) in [5.41, 5.74) is 5.24. The van der Waals surface area contributed by atoms with E-state index in [4.69, 9.17) is 10.8 Å². The van der Waals surface area contributed by atoms with Crippen molar-refractivity contribution in [1.82, 2.24) is 20.5 Å². The molecule has 8 heteroatoms. The van der Waals surface area contributed by atoms with E-state index in [-0.39, 0.29) is 17.7 Å². The van der Waals surface area contributed by atoms with Gasteiger partial charge in [-0.25, -0.2) is 4.79 Å². The second-order valence-corrected chi connectivity index (χ2v) is 3.72. The lowest BCUT2D eigenvalue weighted by Crippen LogP contribution is -2.45. The number of carboxylic acid groups (broad SMARTS) is 1. The standard InChI is InChI=1S/C9H15N5O3/c1-3-4(2)5(8(16)17)11-7(15)6-12-9(10)14-13-6/h4-5H,3H2,1-2H3,(H,11,15)(H,16,17)(H3,10,12,13,14)/t4-,5-/m0/s1. The molecular formula is C9H15N5O3. The van der Waals surface area contributed by atoms with Gasteiger partial charge in [0.05, 0.1) is 0 Å². The number of carbonyl (C=O) groups excluding carboxylic acids is 1. The number of carbonyl (C=O) groups is 2. The molecule has 0 aromatic carbocycles. The van der Waals surface area contributed by atoms with Crippen LogP contribution in [0.3, 0.4) is 0 Å². The van der Waals surface area contributed by atoms with Gasteiger partial charge in [-0.2, -0.15) is 4.98 Å². The Labute approximate surface area is 97.6 Å². The number of aromatic nitrogens is 3. The van der Waals surface area contributed by atoms with Gasteiger partial charge >= 0.3 is 5.97 Å². The van der Waals surface area contributed by atoms with Crippen molar-refractivity contribution in [2.45, 2.75) is 26.3 Å². The number of amides is 1. The molecular weight excluding hydrogens is 226 g/mol. The summed E-state index contributed by atoms with van der Waals surface area (Å²) in [4.78, 5) is 26.2. The third-order valence-corrected chi connectivity index (χ3v) is 2.48. The van der Waals surface area contributed by atoms with E-state index < -0.39 is 17.9 Å². The van der Waals surface area contributed by atoms with Crippen molar-refractivity contribution in [3.63, 3.8) is 0 Å². The van der Waals surface area contributed by atoms with Crippen LogP contribution < -0.4 is 11.1 Å². The van der Waals surface area contributed by atoms with Crippen molar-refractivity contribution in [3.8, 4) is 0 Å². The van der Waals surface area contributed by atoms with E-state index in [1.54, 1.807) is 6.92 Å². The summed E-state index contributed by atoms with van der Waals surface area (Å²) in [6.07, 6.45) is 0.635. The van der Waals surface area contributed by atoms with Crippen LogP contribution in [0.1, 0.15) is 30.9 Å². The van der Waals surface area contributed by atoms with Crippen molar-refractivity contribution < 1.29 is 14.7 Å². The minimum atomic E-state index is -1.08. The normalized spacial score (nSPS) is 14.0. The van der Waals surface area contributed by atoms with Crippen LogP contribution in [0.4, 0.5) is 5.95 Å². The Bertz CT molecular complexity index is 417. The molecule has 0 aliphatic carbocycles. The first-order chi connectivity index (χ1) is 7.95. The van der Waals surface area contributed by atoms with E-state index in [0.717, 1.165) is 0 Å². The SMILES string of the molecule is CC[C@H](C)[C@H](NC(=O)c1nc(N)n[nH]1)C(=O)O. The van der Waals surface area contributed by atoms with Gasteiger partial charge in [0.15, 0.2) is 0 Å². The maximum atomic E-state index is 11.6. The van der Waals surface area contributed by atoms with Crippen molar-refractivity contribution in [3.05, 3.63) is 5.82 Å². The molecule has 0 aliphatic heterocycles. The highest BCUT2D eigenvalue weighted by Crippen LogP contribution is 2.08. The van der Waals surface area contributed by atoms with Crippen LogP contribution >= 0.6 is 0 Å². The maximum absolute atomic E-state index is 11.6.